The lowest BCUT2D eigenvalue weighted by Crippen LogP contribution is -2.44. The van der Waals surface area contributed by atoms with E-state index in [1.807, 2.05) is 0 Å². The Balaban J connectivity index is 1.49. The summed E-state index contributed by atoms with van der Waals surface area (Å²) in [6.45, 7) is 6.39. The number of piperidine rings is 2. The second-order valence-electron chi connectivity index (χ2n) is 5.57. The van der Waals surface area contributed by atoms with Crippen LogP contribution in [0.25, 0.3) is 0 Å². The molecule has 4 heteroatoms. The Bertz CT molecular complexity index is 248. The largest absolute Gasteiger partial charge is 0.347 e. The van der Waals surface area contributed by atoms with Crippen LogP contribution in [-0.2, 0) is 9.47 Å². The van der Waals surface area contributed by atoms with Gasteiger partial charge in [-0.15, -0.1) is 0 Å². The summed E-state index contributed by atoms with van der Waals surface area (Å²) in [6.07, 6.45) is 6.40. The molecule has 3 heterocycles. The van der Waals surface area contributed by atoms with Gasteiger partial charge in [0.05, 0.1) is 12.7 Å². The van der Waals surface area contributed by atoms with Crippen LogP contribution in [-0.4, -0.2) is 56.1 Å². The third-order valence-electron chi connectivity index (χ3n) is 4.19. The minimum atomic E-state index is -0.244. The van der Waals surface area contributed by atoms with E-state index in [1.165, 1.54) is 32.4 Å². The van der Waals surface area contributed by atoms with Crippen LogP contribution in [0.3, 0.4) is 0 Å². The zero-order valence-electron chi connectivity index (χ0n) is 10.6. The van der Waals surface area contributed by atoms with Crippen molar-refractivity contribution in [3.8, 4) is 0 Å². The summed E-state index contributed by atoms with van der Waals surface area (Å²) in [5, 5.41) is 3.36. The third kappa shape index (κ3) is 2.81. The Morgan fingerprint density at radius 1 is 1.12 bits per heavy atom. The predicted octanol–water partition coefficient (Wildman–Crippen LogP) is 0.967. The first-order chi connectivity index (χ1) is 8.36. The van der Waals surface area contributed by atoms with E-state index < -0.39 is 0 Å². The van der Waals surface area contributed by atoms with E-state index >= 15 is 0 Å². The monoisotopic (exact) mass is 240 g/mol. The molecule has 0 radical (unpaired) electrons. The molecule has 1 unspecified atom stereocenters. The van der Waals surface area contributed by atoms with Gasteiger partial charge in [0.15, 0.2) is 5.79 Å². The van der Waals surface area contributed by atoms with Gasteiger partial charge in [0.2, 0.25) is 0 Å². The Hall–Kier alpha value is -0.160. The molecule has 3 rings (SSSR count). The molecule has 0 aromatic rings. The number of hydrogen-bond donors (Lipinski definition) is 1. The lowest BCUT2D eigenvalue weighted by Gasteiger charge is -2.33. The number of nitrogens with one attached hydrogen (secondary N) is 1. The van der Waals surface area contributed by atoms with E-state index in [0.717, 1.165) is 39.1 Å². The molecule has 0 aromatic heterocycles. The molecule has 1 spiro atoms. The molecule has 17 heavy (non-hydrogen) atoms. The van der Waals surface area contributed by atoms with Gasteiger partial charge in [-0.1, -0.05) is 6.42 Å². The Labute approximate surface area is 104 Å². The van der Waals surface area contributed by atoms with Crippen molar-refractivity contribution >= 4 is 0 Å². The van der Waals surface area contributed by atoms with Gasteiger partial charge in [-0.2, -0.15) is 0 Å². The van der Waals surface area contributed by atoms with Crippen LogP contribution in [0.2, 0.25) is 0 Å². The SMILES string of the molecule is C1CCN(CC2COC3(CCNCC3)O2)CC1. The van der Waals surface area contributed by atoms with E-state index in [-0.39, 0.29) is 5.79 Å². The van der Waals surface area contributed by atoms with Crippen molar-refractivity contribution in [3.63, 3.8) is 0 Å². The van der Waals surface area contributed by atoms with Crippen LogP contribution in [0.15, 0.2) is 0 Å². The Morgan fingerprint density at radius 2 is 1.88 bits per heavy atom. The molecule has 0 bridgehead atoms. The van der Waals surface area contributed by atoms with Crippen molar-refractivity contribution in [2.45, 2.75) is 44.0 Å². The molecule has 0 aliphatic carbocycles. The topological polar surface area (TPSA) is 33.7 Å². The molecule has 4 nitrogen and oxygen atoms in total. The molecular formula is C13H24N2O2. The maximum Gasteiger partial charge on any atom is 0.171 e. The van der Waals surface area contributed by atoms with Crippen LogP contribution >= 0.6 is 0 Å². The molecule has 98 valence electrons. The van der Waals surface area contributed by atoms with E-state index in [1.54, 1.807) is 0 Å². The smallest absolute Gasteiger partial charge is 0.171 e. The third-order valence-corrected chi connectivity index (χ3v) is 4.19. The highest BCUT2D eigenvalue weighted by Crippen LogP contribution is 2.32. The molecule has 0 amide bonds. The van der Waals surface area contributed by atoms with Crippen molar-refractivity contribution in [1.82, 2.24) is 10.2 Å². The fourth-order valence-corrected chi connectivity index (χ4v) is 3.21. The molecule has 3 fully saturated rings. The Morgan fingerprint density at radius 3 is 2.65 bits per heavy atom. The zero-order chi connectivity index (χ0) is 11.6. The normalized spacial score (nSPS) is 34.2. The first-order valence-electron chi connectivity index (χ1n) is 7.11. The number of ether oxygens (including phenoxy) is 2. The van der Waals surface area contributed by atoms with Crippen molar-refractivity contribution < 1.29 is 9.47 Å². The number of rotatable bonds is 2. The quantitative estimate of drug-likeness (QED) is 0.780. The highest BCUT2D eigenvalue weighted by atomic mass is 16.7. The number of hydrogen-bond acceptors (Lipinski definition) is 4. The molecule has 1 atom stereocenters. The second-order valence-corrected chi connectivity index (χ2v) is 5.57. The number of likely N-dealkylation sites (tertiary alicyclic amines) is 1. The van der Waals surface area contributed by atoms with Crippen molar-refractivity contribution in [2.75, 3.05) is 39.3 Å². The van der Waals surface area contributed by atoms with Gasteiger partial charge < -0.3 is 19.7 Å². The summed E-state index contributed by atoms with van der Waals surface area (Å²) in [7, 11) is 0. The van der Waals surface area contributed by atoms with E-state index in [4.69, 9.17) is 9.47 Å². The predicted molar refractivity (Wildman–Crippen MR) is 66.0 cm³/mol. The van der Waals surface area contributed by atoms with Gasteiger partial charge in [-0.05, 0) is 25.9 Å². The average molecular weight is 240 g/mol. The fraction of sp³-hybridized carbons (Fsp3) is 1.00. The van der Waals surface area contributed by atoms with Gasteiger partial charge in [0.25, 0.3) is 0 Å². The molecule has 0 saturated carbocycles. The number of nitrogens with zero attached hydrogens (tertiary/aromatic N) is 1. The molecular weight excluding hydrogens is 216 g/mol. The maximum atomic E-state index is 6.19. The van der Waals surface area contributed by atoms with Crippen molar-refractivity contribution in [3.05, 3.63) is 0 Å². The first-order valence-corrected chi connectivity index (χ1v) is 7.11. The average Bonchev–Trinajstić information content (AvgIpc) is 2.74. The van der Waals surface area contributed by atoms with E-state index in [9.17, 15) is 0 Å². The van der Waals surface area contributed by atoms with E-state index in [0.29, 0.717) is 6.10 Å². The van der Waals surface area contributed by atoms with Crippen LogP contribution in [0.4, 0.5) is 0 Å². The van der Waals surface area contributed by atoms with Crippen LogP contribution in [0, 0.1) is 0 Å². The van der Waals surface area contributed by atoms with Gasteiger partial charge in [-0.25, -0.2) is 0 Å². The Kier molecular flexibility index (Phi) is 3.66. The highest BCUT2D eigenvalue weighted by molar-refractivity contribution is 4.85. The van der Waals surface area contributed by atoms with Crippen LogP contribution in [0.5, 0.6) is 0 Å². The van der Waals surface area contributed by atoms with Crippen LogP contribution in [0.1, 0.15) is 32.1 Å². The summed E-state index contributed by atoms with van der Waals surface area (Å²) >= 11 is 0. The minimum absolute atomic E-state index is 0.244. The van der Waals surface area contributed by atoms with Crippen molar-refractivity contribution in [1.29, 1.82) is 0 Å². The maximum absolute atomic E-state index is 6.19. The standard InChI is InChI=1S/C13H24N2O2/c1-2-8-15(9-3-1)10-12-11-16-13(17-12)4-6-14-7-5-13/h12,14H,1-11H2. The fourth-order valence-electron chi connectivity index (χ4n) is 3.21. The van der Waals surface area contributed by atoms with Crippen LogP contribution < -0.4 is 5.32 Å². The zero-order valence-corrected chi connectivity index (χ0v) is 10.6. The summed E-state index contributed by atoms with van der Waals surface area (Å²) in [4.78, 5) is 2.54. The summed E-state index contributed by atoms with van der Waals surface area (Å²) in [5.41, 5.74) is 0. The molecule has 3 aliphatic rings. The minimum Gasteiger partial charge on any atom is -0.347 e. The second kappa shape index (κ2) is 5.22. The highest BCUT2D eigenvalue weighted by Gasteiger charge is 2.42. The summed E-state index contributed by atoms with van der Waals surface area (Å²) in [6, 6.07) is 0. The van der Waals surface area contributed by atoms with Crippen molar-refractivity contribution in [2.24, 2.45) is 0 Å². The van der Waals surface area contributed by atoms with E-state index in [2.05, 4.69) is 10.2 Å². The molecule has 3 aliphatic heterocycles. The van der Waals surface area contributed by atoms with Gasteiger partial charge in [0.1, 0.15) is 0 Å². The molecule has 1 N–H and O–H groups in total. The molecule has 0 aromatic carbocycles. The molecule has 3 saturated heterocycles. The van der Waals surface area contributed by atoms with Gasteiger partial charge in [-0.3, -0.25) is 0 Å². The van der Waals surface area contributed by atoms with Gasteiger partial charge >= 0.3 is 0 Å². The lowest BCUT2D eigenvalue weighted by molar-refractivity contribution is -0.184. The lowest BCUT2D eigenvalue weighted by atomic mass is 10.1. The van der Waals surface area contributed by atoms with Gasteiger partial charge in [0, 0.05) is 32.5 Å². The first kappa shape index (κ1) is 11.9. The summed E-state index contributed by atoms with van der Waals surface area (Å²) < 4.78 is 12.1. The summed E-state index contributed by atoms with van der Waals surface area (Å²) in [5.74, 6) is -0.244.